The average molecular weight is 197 g/mol. The summed E-state index contributed by atoms with van der Waals surface area (Å²) in [5.41, 5.74) is 5.56. The van der Waals surface area contributed by atoms with Gasteiger partial charge in [-0.15, -0.1) is 0 Å². The topological polar surface area (TPSA) is 63.3 Å². The summed E-state index contributed by atoms with van der Waals surface area (Å²) < 4.78 is 12.9. The molecule has 0 saturated heterocycles. The van der Waals surface area contributed by atoms with E-state index in [1.165, 1.54) is 13.0 Å². The molecular weight excluding hydrogens is 185 g/mol. The molecule has 0 bridgehead atoms. The Morgan fingerprint density at radius 2 is 2.21 bits per heavy atom. The van der Waals surface area contributed by atoms with E-state index in [0.29, 0.717) is 5.56 Å². The van der Waals surface area contributed by atoms with Crippen molar-refractivity contribution in [2.45, 2.75) is 13.3 Å². The van der Waals surface area contributed by atoms with Crippen molar-refractivity contribution < 1.29 is 14.3 Å². The molecule has 0 spiro atoms. The highest BCUT2D eigenvalue weighted by Gasteiger charge is 2.13. The van der Waals surface area contributed by atoms with Gasteiger partial charge in [0.1, 0.15) is 11.6 Å². The SMILES string of the molecule is Cc1cc(F)cc(C(=O)CCN)c1O. The molecule has 0 heterocycles. The van der Waals surface area contributed by atoms with Crippen molar-refractivity contribution in [1.29, 1.82) is 0 Å². The molecule has 3 nitrogen and oxygen atoms in total. The Balaban J connectivity index is 3.13. The van der Waals surface area contributed by atoms with Crippen molar-refractivity contribution in [3.8, 4) is 5.75 Å². The summed E-state index contributed by atoms with van der Waals surface area (Å²) in [5, 5.41) is 9.49. The lowest BCUT2D eigenvalue weighted by Gasteiger charge is -2.05. The molecule has 0 saturated carbocycles. The minimum absolute atomic E-state index is 0.00736. The zero-order valence-electron chi connectivity index (χ0n) is 7.88. The van der Waals surface area contributed by atoms with E-state index < -0.39 is 5.82 Å². The molecule has 0 aliphatic rings. The highest BCUT2D eigenvalue weighted by molar-refractivity contribution is 5.99. The van der Waals surface area contributed by atoms with E-state index in [1.54, 1.807) is 0 Å². The maximum atomic E-state index is 12.9. The van der Waals surface area contributed by atoms with Gasteiger partial charge in [0.2, 0.25) is 0 Å². The second-order valence-electron chi connectivity index (χ2n) is 3.08. The number of nitrogens with two attached hydrogens (primary N) is 1. The van der Waals surface area contributed by atoms with Gasteiger partial charge in [0.05, 0.1) is 5.56 Å². The molecule has 0 aliphatic heterocycles. The molecule has 0 radical (unpaired) electrons. The Morgan fingerprint density at radius 1 is 1.57 bits per heavy atom. The number of aryl methyl sites for hydroxylation is 1. The maximum Gasteiger partial charge on any atom is 0.167 e. The summed E-state index contributed by atoms with van der Waals surface area (Å²) in [4.78, 5) is 11.4. The standard InChI is InChI=1S/C10H12FNO2/c1-6-4-7(11)5-8(10(6)14)9(13)2-3-12/h4-5,14H,2-3,12H2,1H3. The number of halogens is 1. The first-order chi connectivity index (χ1) is 6.56. The first kappa shape index (κ1) is 10.7. The molecule has 76 valence electrons. The molecule has 0 unspecified atom stereocenters. The van der Waals surface area contributed by atoms with Crippen molar-refractivity contribution in [2.75, 3.05) is 6.54 Å². The van der Waals surface area contributed by atoms with Crippen molar-refractivity contribution in [1.82, 2.24) is 0 Å². The predicted octanol–water partition coefficient (Wildman–Crippen LogP) is 1.37. The van der Waals surface area contributed by atoms with Gasteiger partial charge in [0.25, 0.3) is 0 Å². The first-order valence-corrected chi connectivity index (χ1v) is 4.28. The quantitative estimate of drug-likeness (QED) is 0.719. The van der Waals surface area contributed by atoms with Crippen LogP contribution in [-0.2, 0) is 0 Å². The van der Waals surface area contributed by atoms with E-state index in [-0.39, 0.29) is 30.1 Å². The van der Waals surface area contributed by atoms with Crippen molar-refractivity contribution in [2.24, 2.45) is 5.73 Å². The Bertz CT molecular complexity index is 363. The fourth-order valence-electron chi connectivity index (χ4n) is 1.21. The number of ketones is 1. The van der Waals surface area contributed by atoms with Gasteiger partial charge in [0.15, 0.2) is 5.78 Å². The molecule has 0 aromatic heterocycles. The summed E-state index contributed by atoms with van der Waals surface area (Å²) in [6, 6.07) is 2.20. The molecular formula is C10H12FNO2. The highest BCUT2D eigenvalue weighted by Crippen LogP contribution is 2.24. The van der Waals surface area contributed by atoms with Gasteiger partial charge in [-0.05, 0) is 31.2 Å². The molecule has 3 N–H and O–H groups in total. The second kappa shape index (κ2) is 4.19. The van der Waals surface area contributed by atoms with Crippen LogP contribution in [0.2, 0.25) is 0 Å². The molecule has 1 rings (SSSR count). The zero-order chi connectivity index (χ0) is 10.7. The molecule has 0 aliphatic carbocycles. The largest absolute Gasteiger partial charge is 0.507 e. The lowest BCUT2D eigenvalue weighted by atomic mass is 10.0. The molecule has 0 atom stereocenters. The van der Waals surface area contributed by atoms with Gasteiger partial charge in [-0.1, -0.05) is 0 Å². The highest BCUT2D eigenvalue weighted by atomic mass is 19.1. The van der Waals surface area contributed by atoms with E-state index in [2.05, 4.69) is 0 Å². The van der Waals surface area contributed by atoms with Crippen LogP contribution in [0.5, 0.6) is 5.75 Å². The monoisotopic (exact) mass is 197 g/mol. The average Bonchev–Trinajstić information content (AvgIpc) is 2.11. The van der Waals surface area contributed by atoms with Crippen molar-refractivity contribution in [3.05, 3.63) is 29.1 Å². The van der Waals surface area contributed by atoms with Crippen molar-refractivity contribution in [3.63, 3.8) is 0 Å². The molecule has 14 heavy (non-hydrogen) atoms. The Kier molecular flexibility index (Phi) is 3.19. The molecule has 0 fully saturated rings. The smallest absolute Gasteiger partial charge is 0.167 e. The van der Waals surface area contributed by atoms with Crippen LogP contribution in [0.4, 0.5) is 4.39 Å². The zero-order valence-corrected chi connectivity index (χ0v) is 7.88. The third-order valence-corrected chi connectivity index (χ3v) is 1.94. The van der Waals surface area contributed by atoms with Crippen LogP contribution in [0.3, 0.4) is 0 Å². The van der Waals surface area contributed by atoms with Crippen LogP contribution in [0.15, 0.2) is 12.1 Å². The number of phenolic OH excluding ortho intramolecular Hbond substituents is 1. The number of carbonyl (C=O) groups excluding carboxylic acids is 1. The van der Waals surface area contributed by atoms with Gasteiger partial charge in [-0.25, -0.2) is 4.39 Å². The van der Waals surface area contributed by atoms with Gasteiger partial charge in [-0.2, -0.15) is 0 Å². The Hall–Kier alpha value is -1.42. The summed E-state index contributed by atoms with van der Waals surface area (Å²) in [7, 11) is 0. The maximum absolute atomic E-state index is 12.9. The molecule has 1 aromatic rings. The number of rotatable bonds is 3. The number of aromatic hydroxyl groups is 1. The summed E-state index contributed by atoms with van der Waals surface area (Å²) in [6.07, 6.45) is 0.108. The fourth-order valence-corrected chi connectivity index (χ4v) is 1.21. The second-order valence-corrected chi connectivity index (χ2v) is 3.08. The van der Waals surface area contributed by atoms with Crippen LogP contribution in [0.1, 0.15) is 22.3 Å². The van der Waals surface area contributed by atoms with E-state index in [0.717, 1.165) is 6.07 Å². The van der Waals surface area contributed by atoms with Crippen LogP contribution < -0.4 is 5.73 Å². The van der Waals surface area contributed by atoms with E-state index in [9.17, 15) is 14.3 Å². The molecule has 4 heteroatoms. The molecule has 1 aromatic carbocycles. The van der Waals surface area contributed by atoms with E-state index in [1.807, 2.05) is 0 Å². The summed E-state index contributed by atoms with van der Waals surface area (Å²) in [5.74, 6) is -1.03. The number of hydrogen-bond acceptors (Lipinski definition) is 3. The van der Waals surface area contributed by atoms with Gasteiger partial charge < -0.3 is 10.8 Å². The van der Waals surface area contributed by atoms with Crippen LogP contribution >= 0.6 is 0 Å². The summed E-state index contributed by atoms with van der Waals surface area (Å²) >= 11 is 0. The normalized spacial score (nSPS) is 10.2. The van der Waals surface area contributed by atoms with Crippen LogP contribution in [0.25, 0.3) is 0 Å². The number of benzene rings is 1. The van der Waals surface area contributed by atoms with E-state index >= 15 is 0 Å². The predicted molar refractivity (Wildman–Crippen MR) is 50.8 cm³/mol. The minimum atomic E-state index is -0.527. The lowest BCUT2D eigenvalue weighted by molar-refractivity contribution is 0.0982. The van der Waals surface area contributed by atoms with Gasteiger partial charge >= 0.3 is 0 Å². The molecule has 0 amide bonds. The summed E-state index contributed by atoms with van der Waals surface area (Å²) in [6.45, 7) is 1.73. The Labute approximate surface area is 81.4 Å². The van der Waals surface area contributed by atoms with Crippen LogP contribution in [-0.4, -0.2) is 17.4 Å². The Morgan fingerprint density at radius 3 is 2.79 bits per heavy atom. The third-order valence-electron chi connectivity index (χ3n) is 1.94. The number of hydrogen-bond donors (Lipinski definition) is 2. The van der Waals surface area contributed by atoms with Gasteiger partial charge in [0, 0.05) is 6.42 Å². The number of carbonyl (C=O) groups is 1. The fraction of sp³-hybridized carbons (Fsp3) is 0.300. The van der Waals surface area contributed by atoms with Gasteiger partial charge in [-0.3, -0.25) is 4.79 Å². The number of Topliss-reactive ketones (excluding diaryl/α,β-unsaturated/α-hetero) is 1. The lowest BCUT2D eigenvalue weighted by Crippen LogP contribution is -2.09. The first-order valence-electron chi connectivity index (χ1n) is 4.28. The van der Waals surface area contributed by atoms with E-state index in [4.69, 9.17) is 5.73 Å². The minimum Gasteiger partial charge on any atom is -0.507 e. The van der Waals surface area contributed by atoms with Crippen molar-refractivity contribution >= 4 is 5.78 Å². The third kappa shape index (κ3) is 2.09. The van der Waals surface area contributed by atoms with Crippen LogP contribution in [0, 0.1) is 12.7 Å². The number of phenols is 1.